The summed E-state index contributed by atoms with van der Waals surface area (Å²) >= 11 is 0. The van der Waals surface area contributed by atoms with Crippen molar-refractivity contribution in [2.45, 2.75) is 32.9 Å². The molecule has 0 bridgehead atoms. The highest BCUT2D eigenvalue weighted by Crippen LogP contribution is 2.18. The van der Waals surface area contributed by atoms with Crippen LogP contribution in [0.5, 0.6) is 5.75 Å². The molecule has 2 amide bonds. The molecule has 0 aliphatic heterocycles. The first-order valence-electron chi connectivity index (χ1n) is 8.45. The summed E-state index contributed by atoms with van der Waals surface area (Å²) in [5.74, 6) is -0.558. The second-order valence-corrected chi connectivity index (χ2v) is 6.22. The van der Waals surface area contributed by atoms with E-state index < -0.39 is 11.7 Å². The van der Waals surface area contributed by atoms with Crippen LogP contribution in [0, 0.1) is 5.82 Å². The fraction of sp³-hybridized carbons (Fsp3) is 0.300. The van der Waals surface area contributed by atoms with E-state index in [1.54, 1.807) is 0 Å². The van der Waals surface area contributed by atoms with Gasteiger partial charge in [0.15, 0.2) is 0 Å². The van der Waals surface area contributed by atoms with Crippen LogP contribution in [-0.2, 0) is 4.79 Å². The summed E-state index contributed by atoms with van der Waals surface area (Å²) in [6, 6.07) is 12.6. The monoisotopic (exact) mass is 358 g/mol. The highest BCUT2D eigenvalue weighted by Gasteiger charge is 2.12. The van der Waals surface area contributed by atoms with E-state index in [9.17, 15) is 14.0 Å². The summed E-state index contributed by atoms with van der Waals surface area (Å²) in [6.45, 7) is 5.57. The number of nitrogens with one attached hydrogen (secondary N) is 2. The van der Waals surface area contributed by atoms with E-state index in [2.05, 4.69) is 10.6 Å². The molecule has 2 N–H and O–H groups in total. The van der Waals surface area contributed by atoms with Crippen LogP contribution in [-0.4, -0.2) is 24.5 Å². The normalized spacial score (nSPS) is 11.7. The minimum Gasteiger partial charge on any atom is -0.491 e. The third-order valence-electron chi connectivity index (χ3n) is 3.63. The molecule has 0 aromatic heterocycles. The van der Waals surface area contributed by atoms with Gasteiger partial charge in [0, 0.05) is 5.56 Å². The van der Waals surface area contributed by atoms with Gasteiger partial charge in [0.05, 0.1) is 18.7 Å². The topological polar surface area (TPSA) is 67.4 Å². The van der Waals surface area contributed by atoms with Crippen molar-refractivity contribution in [1.82, 2.24) is 10.6 Å². The number of carbonyl (C=O) groups is 2. The molecular weight excluding hydrogens is 335 g/mol. The molecule has 0 aliphatic carbocycles. The van der Waals surface area contributed by atoms with E-state index in [-0.39, 0.29) is 30.2 Å². The van der Waals surface area contributed by atoms with Gasteiger partial charge in [-0.05, 0) is 56.7 Å². The lowest BCUT2D eigenvalue weighted by molar-refractivity contribution is -0.120. The van der Waals surface area contributed by atoms with Gasteiger partial charge in [-0.2, -0.15) is 0 Å². The molecule has 0 saturated heterocycles. The largest absolute Gasteiger partial charge is 0.491 e. The Labute approximate surface area is 152 Å². The molecule has 5 nitrogen and oxygen atoms in total. The summed E-state index contributed by atoms with van der Waals surface area (Å²) in [7, 11) is 0. The Hall–Kier alpha value is -2.89. The minimum atomic E-state index is -0.499. The van der Waals surface area contributed by atoms with Crippen LogP contribution in [0.15, 0.2) is 48.5 Å². The summed E-state index contributed by atoms with van der Waals surface area (Å²) in [4.78, 5) is 23.9. The SMILES string of the molecule is CC(C)Oc1ccc(C(C)NC(=O)CNC(=O)c2cccc(F)c2)cc1. The van der Waals surface area contributed by atoms with E-state index in [0.717, 1.165) is 17.4 Å². The van der Waals surface area contributed by atoms with Gasteiger partial charge in [0.1, 0.15) is 11.6 Å². The lowest BCUT2D eigenvalue weighted by atomic mass is 10.1. The Morgan fingerprint density at radius 3 is 2.38 bits per heavy atom. The first-order chi connectivity index (χ1) is 12.3. The average Bonchev–Trinajstić information content (AvgIpc) is 2.59. The number of hydrogen-bond donors (Lipinski definition) is 2. The molecule has 138 valence electrons. The molecule has 0 fully saturated rings. The first kappa shape index (κ1) is 19.4. The molecule has 2 aromatic carbocycles. The lowest BCUT2D eigenvalue weighted by Crippen LogP contribution is -2.38. The van der Waals surface area contributed by atoms with Crippen molar-refractivity contribution in [2.75, 3.05) is 6.54 Å². The van der Waals surface area contributed by atoms with Crippen molar-refractivity contribution < 1.29 is 18.7 Å². The molecule has 0 radical (unpaired) electrons. The van der Waals surface area contributed by atoms with Crippen molar-refractivity contribution in [3.8, 4) is 5.75 Å². The van der Waals surface area contributed by atoms with Crippen LogP contribution in [0.1, 0.15) is 42.7 Å². The summed E-state index contributed by atoms with van der Waals surface area (Å²) in [5, 5.41) is 5.28. The van der Waals surface area contributed by atoms with E-state index >= 15 is 0 Å². The third-order valence-corrected chi connectivity index (χ3v) is 3.63. The van der Waals surface area contributed by atoms with Crippen LogP contribution in [0.25, 0.3) is 0 Å². The number of carbonyl (C=O) groups excluding carboxylic acids is 2. The number of rotatable bonds is 7. The molecule has 1 unspecified atom stereocenters. The Morgan fingerprint density at radius 2 is 1.77 bits per heavy atom. The zero-order valence-electron chi connectivity index (χ0n) is 15.1. The molecule has 0 spiro atoms. The maximum atomic E-state index is 13.1. The molecule has 6 heteroatoms. The Kier molecular flexibility index (Phi) is 6.72. The van der Waals surface area contributed by atoms with E-state index in [1.165, 1.54) is 18.2 Å². The predicted octanol–water partition coefficient (Wildman–Crippen LogP) is 3.22. The van der Waals surface area contributed by atoms with E-state index in [0.29, 0.717) is 0 Å². The zero-order chi connectivity index (χ0) is 19.1. The second kappa shape index (κ2) is 8.99. The van der Waals surface area contributed by atoms with Gasteiger partial charge in [-0.25, -0.2) is 4.39 Å². The number of amides is 2. The molecular formula is C20H23FN2O3. The zero-order valence-corrected chi connectivity index (χ0v) is 15.1. The molecule has 0 heterocycles. The Balaban J connectivity index is 1.84. The van der Waals surface area contributed by atoms with Crippen molar-refractivity contribution in [2.24, 2.45) is 0 Å². The second-order valence-electron chi connectivity index (χ2n) is 6.22. The highest BCUT2D eigenvalue weighted by atomic mass is 19.1. The molecule has 0 saturated carbocycles. The molecule has 0 aliphatic rings. The highest BCUT2D eigenvalue weighted by molar-refractivity contribution is 5.96. The van der Waals surface area contributed by atoms with Crippen LogP contribution in [0.4, 0.5) is 4.39 Å². The van der Waals surface area contributed by atoms with Crippen molar-refractivity contribution in [1.29, 1.82) is 0 Å². The molecule has 2 aromatic rings. The van der Waals surface area contributed by atoms with Gasteiger partial charge in [-0.15, -0.1) is 0 Å². The summed E-state index contributed by atoms with van der Waals surface area (Å²) in [5.41, 5.74) is 1.09. The maximum Gasteiger partial charge on any atom is 0.251 e. The fourth-order valence-electron chi connectivity index (χ4n) is 2.38. The van der Waals surface area contributed by atoms with Crippen LogP contribution in [0.3, 0.4) is 0 Å². The van der Waals surface area contributed by atoms with Crippen molar-refractivity contribution in [3.63, 3.8) is 0 Å². The minimum absolute atomic E-state index is 0.0969. The number of ether oxygens (including phenoxy) is 1. The quantitative estimate of drug-likeness (QED) is 0.799. The van der Waals surface area contributed by atoms with Crippen LogP contribution < -0.4 is 15.4 Å². The predicted molar refractivity (Wildman–Crippen MR) is 97.5 cm³/mol. The van der Waals surface area contributed by atoms with Gasteiger partial charge in [-0.3, -0.25) is 9.59 Å². The van der Waals surface area contributed by atoms with E-state index in [4.69, 9.17) is 4.74 Å². The Morgan fingerprint density at radius 1 is 1.08 bits per heavy atom. The summed E-state index contributed by atoms with van der Waals surface area (Å²) in [6.07, 6.45) is 0.0969. The Bertz CT molecular complexity index is 760. The first-order valence-corrected chi connectivity index (χ1v) is 8.45. The number of benzene rings is 2. The van der Waals surface area contributed by atoms with Gasteiger partial charge in [-0.1, -0.05) is 18.2 Å². The van der Waals surface area contributed by atoms with Crippen molar-refractivity contribution >= 4 is 11.8 Å². The van der Waals surface area contributed by atoms with Crippen LogP contribution >= 0.6 is 0 Å². The maximum absolute atomic E-state index is 13.1. The number of hydrogen-bond acceptors (Lipinski definition) is 3. The van der Waals surface area contributed by atoms with Gasteiger partial charge in [0.25, 0.3) is 5.91 Å². The number of halogens is 1. The molecule has 26 heavy (non-hydrogen) atoms. The standard InChI is InChI=1S/C20H23FN2O3/c1-13(2)26-18-9-7-15(8-10-18)14(3)23-19(24)12-22-20(25)16-5-4-6-17(21)11-16/h4-11,13-14H,12H2,1-3H3,(H,22,25)(H,23,24). The van der Waals surface area contributed by atoms with Gasteiger partial charge >= 0.3 is 0 Å². The average molecular weight is 358 g/mol. The third kappa shape index (κ3) is 5.88. The van der Waals surface area contributed by atoms with Crippen molar-refractivity contribution in [3.05, 3.63) is 65.5 Å². The smallest absolute Gasteiger partial charge is 0.251 e. The lowest BCUT2D eigenvalue weighted by Gasteiger charge is -2.16. The molecule has 1 atom stereocenters. The van der Waals surface area contributed by atoms with E-state index in [1.807, 2.05) is 45.0 Å². The van der Waals surface area contributed by atoms with Gasteiger partial charge < -0.3 is 15.4 Å². The molecule has 2 rings (SSSR count). The van der Waals surface area contributed by atoms with Gasteiger partial charge in [0.2, 0.25) is 5.91 Å². The summed E-state index contributed by atoms with van der Waals surface area (Å²) < 4.78 is 18.7. The fourth-order valence-corrected chi connectivity index (χ4v) is 2.38. The van der Waals surface area contributed by atoms with Crippen LogP contribution in [0.2, 0.25) is 0 Å².